The highest BCUT2D eigenvalue weighted by molar-refractivity contribution is 5.76. The Balaban J connectivity index is 1.61. The fourth-order valence-corrected chi connectivity index (χ4v) is 2.60. The van der Waals surface area contributed by atoms with E-state index in [0.29, 0.717) is 18.9 Å². The topological polar surface area (TPSA) is 67.6 Å². The van der Waals surface area contributed by atoms with Crippen LogP contribution in [-0.4, -0.2) is 56.2 Å². The standard InChI is InChI=1S/C13H25N3O2/c1-18-12(7-14)6-13(17)15-8-10-4-5-16(9-10)11-2-3-11/h10-12H,2-9,14H2,1H3,(H,15,17). The molecule has 104 valence electrons. The molecular formula is C13H25N3O2. The number of ether oxygens (including phenoxy) is 1. The van der Waals surface area contributed by atoms with Crippen molar-refractivity contribution in [3.05, 3.63) is 0 Å². The van der Waals surface area contributed by atoms with Gasteiger partial charge >= 0.3 is 0 Å². The number of amides is 1. The number of nitrogens with one attached hydrogen (secondary N) is 1. The van der Waals surface area contributed by atoms with Gasteiger partial charge in [-0.25, -0.2) is 0 Å². The molecule has 2 unspecified atom stereocenters. The van der Waals surface area contributed by atoms with E-state index < -0.39 is 0 Å². The van der Waals surface area contributed by atoms with Crippen molar-refractivity contribution in [3.63, 3.8) is 0 Å². The van der Waals surface area contributed by atoms with E-state index in [2.05, 4.69) is 10.2 Å². The highest BCUT2D eigenvalue weighted by atomic mass is 16.5. The largest absolute Gasteiger partial charge is 0.380 e. The van der Waals surface area contributed by atoms with E-state index in [-0.39, 0.29) is 12.0 Å². The summed E-state index contributed by atoms with van der Waals surface area (Å²) >= 11 is 0. The normalized spacial score (nSPS) is 26.2. The van der Waals surface area contributed by atoms with Crippen LogP contribution in [-0.2, 0) is 9.53 Å². The lowest BCUT2D eigenvalue weighted by atomic mass is 10.1. The molecular weight excluding hydrogens is 230 g/mol. The van der Waals surface area contributed by atoms with Gasteiger partial charge in [0, 0.05) is 32.8 Å². The molecule has 0 aromatic heterocycles. The quantitative estimate of drug-likeness (QED) is 0.669. The molecule has 1 aliphatic heterocycles. The maximum atomic E-state index is 11.7. The molecule has 2 rings (SSSR count). The SMILES string of the molecule is COC(CN)CC(=O)NCC1CCN(C2CC2)C1. The van der Waals surface area contributed by atoms with Crippen molar-refractivity contribution in [3.8, 4) is 0 Å². The van der Waals surface area contributed by atoms with Crippen molar-refractivity contribution in [2.45, 2.75) is 37.8 Å². The first-order valence-corrected chi connectivity index (χ1v) is 6.96. The van der Waals surface area contributed by atoms with E-state index in [9.17, 15) is 4.79 Å². The molecule has 2 aliphatic rings. The van der Waals surface area contributed by atoms with Gasteiger partial charge in [-0.2, -0.15) is 0 Å². The van der Waals surface area contributed by atoms with Gasteiger partial charge in [0.05, 0.1) is 12.5 Å². The molecule has 0 aromatic carbocycles. The van der Waals surface area contributed by atoms with Gasteiger partial charge in [0.2, 0.25) is 5.91 Å². The Hall–Kier alpha value is -0.650. The minimum absolute atomic E-state index is 0.0529. The van der Waals surface area contributed by atoms with Crippen molar-refractivity contribution >= 4 is 5.91 Å². The molecule has 0 bridgehead atoms. The van der Waals surface area contributed by atoms with Crippen LogP contribution in [0.2, 0.25) is 0 Å². The summed E-state index contributed by atoms with van der Waals surface area (Å²) in [5.41, 5.74) is 5.50. The van der Waals surface area contributed by atoms with Crippen LogP contribution in [0.5, 0.6) is 0 Å². The molecule has 18 heavy (non-hydrogen) atoms. The number of hydrogen-bond acceptors (Lipinski definition) is 4. The zero-order valence-electron chi connectivity index (χ0n) is 11.2. The lowest BCUT2D eigenvalue weighted by Gasteiger charge is -2.16. The van der Waals surface area contributed by atoms with Crippen LogP contribution in [0.1, 0.15) is 25.7 Å². The fourth-order valence-electron chi connectivity index (χ4n) is 2.60. The lowest BCUT2D eigenvalue weighted by molar-refractivity contribution is -0.123. The maximum Gasteiger partial charge on any atom is 0.222 e. The maximum absolute atomic E-state index is 11.7. The first-order chi connectivity index (χ1) is 8.72. The Kier molecular flexibility index (Phi) is 4.97. The monoisotopic (exact) mass is 255 g/mol. The molecule has 0 radical (unpaired) electrons. The Morgan fingerprint density at radius 3 is 2.89 bits per heavy atom. The van der Waals surface area contributed by atoms with Crippen LogP contribution < -0.4 is 11.1 Å². The van der Waals surface area contributed by atoms with E-state index in [1.165, 1.54) is 25.8 Å². The van der Waals surface area contributed by atoms with Gasteiger partial charge in [0.15, 0.2) is 0 Å². The summed E-state index contributed by atoms with van der Waals surface area (Å²) in [7, 11) is 1.59. The Morgan fingerprint density at radius 2 is 2.28 bits per heavy atom. The van der Waals surface area contributed by atoms with E-state index in [1.54, 1.807) is 7.11 Å². The molecule has 3 N–H and O–H groups in total. The zero-order valence-corrected chi connectivity index (χ0v) is 11.2. The number of carbonyl (C=O) groups is 1. The minimum Gasteiger partial charge on any atom is -0.380 e. The molecule has 5 nitrogen and oxygen atoms in total. The number of carbonyl (C=O) groups excluding carboxylic acids is 1. The average molecular weight is 255 g/mol. The summed E-state index contributed by atoms with van der Waals surface area (Å²) in [5.74, 6) is 0.672. The van der Waals surface area contributed by atoms with E-state index >= 15 is 0 Å². The van der Waals surface area contributed by atoms with E-state index in [4.69, 9.17) is 10.5 Å². The third-order valence-corrected chi connectivity index (χ3v) is 3.98. The predicted molar refractivity (Wildman–Crippen MR) is 70.2 cm³/mol. The molecule has 0 aromatic rings. The van der Waals surface area contributed by atoms with Gasteiger partial charge in [-0.15, -0.1) is 0 Å². The van der Waals surface area contributed by atoms with Crippen molar-refractivity contribution in [2.24, 2.45) is 11.7 Å². The molecule has 2 atom stereocenters. The molecule has 2 fully saturated rings. The molecule has 5 heteroatoms. The average Bonchev–Trinajstić information content (AvgIpc) is 3.13. The van der Waals surface area contributed by atoms with Crippen LogP contribution in [0.15, 0.2) is 0 Å². The Labute approximate surface area is 109 Å². The number of hydrogen-bond donors (Lipinski definition) is 2. The van der Waals surface area contributed by atoms with Crippen molar-refractivity contribution in [1.82, 2.24) is 10.2 Å². The number of likely N-dealkylation sites (tertiary alicyclic amines) is 1. The number of nitrogens with zero attached hydrogens (tertiary/aromatic N) is 1. The van der Waals surface area contributed by atoms with Gasteiger partial charge in [-0.05, 0) is 31.7 Å². The number of rotatable bonds is 7. The second-order valence-electron chi connectivity index (χ2n) is 5.48. The first kappa shape index (κ1) is 13.8. The fraction of sp³-hybridized carbons (Fsp3) is 0.923. The molecule has 1 saturated heterocycles. The highest BCUT2D eigenvalue weighted by Gasteiger charge is 2.34. The van der Waals surface area contributed by atoms with Gasteiger partial charge in [0.25, 0.3) is 0 Å². The van der Waals surface area contributed by atoms with Crippen LogP contribution in [0, 0.1) is 5.92 Å². The summed E-state index contributed by atoms with van der Waals surface area (Å²) in [6.07, 6.45) is 4.15. The molecule has 0 spiro atoms. The highest BCUT2D eigenvalue weighted by Crippen LogP contribution is 2.31. The molecule has 1 aliphatic carbocycles. The van der Waals surface area contributed by atoms with Crippen molar-refractivity contribution in [2.75, 3.05) is 33.3 Å². The zero-order chi connectivity index (χ0) is 13.0. The van der Waals surface area contributed by atoms with E-state index in [1.807, 2.05) is 0 Å². The molecule has 1 saturated carbocycles. The molecule has 1 amide bonds. The number of methoxy groups -OCH3 is 1. The third kappa shape index (κ3) is 3.93. The second kappa shape index (κ2) is 6.50. The van der Waals surface area contributed by atoms with Gasteiger partial charge in [0.1, 0.15) is 0 Å². The lowest BCUT2D eigenvalue weighted by Crippen LogP contribution is -2.35. The summed E-state index contributed by atoms with van der Waals surface area (Å²) in [5, 5.41) is 3.00. The van der Waals surface area contributed by atoms with Gasteiger partial charge in [-0.1, -0.05) is 0 Å². The summed E-state index contributed by atoms with van der Waals surface area (Å²) in [4.78, 5) is 14.3. The third-order valence-electron chi connectivity index (χ3n) is 3.98. The van der Waals surface area contributed by atoms with E-state index in [0.717, 1.165) is 19.1 Å². The second-order valence-corrected chi connectivity index (χ2v) is 5.48. The Morgan fingerprint density at radius 1 is 1.50 bits per heavy atom. The van der Waals surface area contributed by atoms with Crippen LogP contribution in [0.3, 0.4) is 0 Å². The summed E-state index contributed by atoms with van der Waals surface area (Å²) < 4.78 is 5.10. The van der Waals surface area contributed by atoms with Crippen molar-refractivity contribution in [1.29, 1.82) is 0 Å². The summed E-state index contributed by atoms with van der Waals surface area (Å²) in [6.45, 7) is 3.54. The smallest absolute Gasteiger partial charge is 0.222 e. The van der Waals surface area contributed by atoms with Crippen LogP contribution >= 0.6 is 0 Å². The minimum atomic E-state index is -0.156. The van der Waals surface area contributed by atoms with Gasteiger partial charge in [-0.3, -0.25) is 4.79 Å². The first-order valence-electron chi connectivity index (χ1n) is 6.96. The number of nitrogens with two attached hydrogens (primary N) is 1. The van der Waals surface area contributed by atoms with Gasteiger partial charge < -0.3 is 20.7 Å². The molecule has 1 heterocycles. The predicted octanol–water partition coefficient (Wildman–Crippen LogP) is -0.0493. The van der Waals surface area contributed by atoms with Crippen LogP contribution in [0.4, 0.5) is 0 Å². The van der Waals surface area contributed by atoms with Crippen LogP contribution in [0.25, 0.3) is 0 Å². The summed E-state index contributed by atoms with van der Waals surface area (Å²) in [6, 6.07) is 0.848. The Bertz CT molecular complexity index is 277. The van der Waals surface area contributed by atoms with Crippen molar-refractivity contribution < 1.29 is 9.53 Å².